The van der Waals surface area contributed by atoms with E-state index in [2.05, 4.69) is 5.32 Å². The van der Waals surface area contributed by atoms with E-state index in [9.17, 15) is 4.79 Å². The second-order valence-corrected chi connectivity index (χ2v) is 3.67. The van der Waals surface area contributed by atoms with Crippen molar-refractivity contribution in [3.63, 3.8) is 0 Å². The molecule has 94 valence electrons. The van der Waals surface area contributed by atoms with Crippen LogP contribution < -0.4 is 15.8 Å². The monoisotopic (exact) mass is 238 g/mol. The maximum atomic E-state index is 11.3. The standard InChI is InChI=1S/C12H18N2O3/c1-9-3-4-11(10(13)7-9)17-8-12(15)14-5-6-16-2/h3-4,7H,5-6,8,13H2,1-2H3,(H,14,15). The summed E-state index contributed by atoms with van der Waals surface area (Å²) < 4.78 is 10.1. The largest absolute Gasteiger partial charge is 0.482 e. The lowest BCUT2D eigenvalue weighted by atomic mass is 10.2. The summed E-state index contributed by atoms with van der Waals surface area (Å²) in [5.74, 6) is 0.333. The van der Waals surface area contributed by atoms with E-state index in [0.717, 1.165) is 5.56 Å². The normalized spacial score (nSPS) is 10.0. The third kappa shape index (κ3) is 4.74. The third-order valence-electron chi connectivity index (χ3n) is 2.15. The Hall–Kier alpha value is -1.75. The molecule has 1 amide bonds. The molecule has 0 atom stereocenters. The smallest absolute Gasteiger partial charge is 0.258 e. The number of carbonyl (C=O) groups is 1. The Balaban J connectivity index is 2.37. The van der Waals surface area contributed by atoms with Gasteiger partial charge in [-0.05, 0) is 24.6 Å². The topological polar surface area (TPSA) is 73.6 Å². The molecule has 0 bridgehead atoms. The van der Waals surface area contributed by atoms with E-state index in [0.29, 0.717) is 24.6 Å². The highest BCUT2D eigenvalue weighted by Gasteiger charge is 2.04. The molecule has 0 unspecified atom stereocenters. The Bertz CT molecular complexity index is 380. The molecule has 0 heterocycles. The van der Waals surface area contributed by atoms with Crippen LogP contribution in [-0.2, 0) is 9.53 Å². The molecule has 0 saturated carbocycles. The van der Waals surface area contributed by atoms with Crippen molar-refractivity contribution >= 4 is 11.6 Å². The minimum Gasteiger partial charge on any atom is -0.482 e. The molecule has 0 spiro atoms. The Morgan fingerprint density at radius 1 is 1.47 bits per heavy atom. The second-order valence-electron chi connectivity index (χ2n) is 3.67. The van der Waals surface area contributed by atoms with Crippen molar-refractivity contribution < 1.29 is 14.3 Å². The van der Waals surface area contributed by atoms with Crippen LogP contribution in [0.25, 0.3) is 0 Å². The zero-order chi connectivity index (χ0) is 12.7. The molecule has 0 radical (unpaired) electrons. The summed E-state index contributed by atoms with van der Waals surface area (Å²) in [4.78, 5) is 11.3. The van der Waals surface area contributed by atoms with Crippen LogP contribution in [0, 0.1) is 6.92 Å². The van der Waals surface area contributed by atoms with Crippen LogP contribution in [0.4, 0.5) is 5.69 Å². The molecule has 3 N–H and O–H groups in total. The van der Waals surface area contributed by atoms with Crippen LogP contribution in [0.15, 0.2) is 18.2 Å². The summed E-state index contributed by atoms with van der Waals surface area (Å²) in [5.41, 5.74) is 7.34. The van der Waals surface area contributed by atoms with Gasteiger partial charge in [0, 0.05) is 13.7 Å². The number of methoxy groups -OCH3 is 1. The SMILES string of the molecule is COCCNC(=O)COc1ccc(C)cc1N. The number of nitrogens with one attached hydrogen (secondary N) is 1. The minimum atomic E-state index is -0.193. The molecule has 0 aliphatic carbocycles. The third-order valence-corrected chi connectivity index (χ3v) is 2.15. The lowest BCUT2D eigenvalue weighted by Gasteiger charge is -2.09. The van der Waals surface area contributed by atoms with Crippen LogP contribution in [0.5, 0.6) is 5.75 Å². The molecular formula is C12H18N2O3. The Labute approximate surface area is 101 Å². The molecule has 1 aromatic carbocycles. The van der Waals surface area contributed by atoms with Crippen molar-refractivity contribution in [1.29, 1.82) is 0 Å². The predicted molar refractivity (Wildman–Crippen MR) is 66.0 cm³/mol. The van der Waals surface area contributed by atoms with E-state index >= 15 is 0 Å². The van der Waals surface area contributed by atoms with E-state index < -0.39 is 0 Å². The first-order chi connectivity index (χ1) is 8.13. The van der Waals surface area contributed by atoms with Gasteiger partial charge in [0.05, 0.1) is 12.3 Å². The summed E-state index contributed by atoms with van der Waals surface area (Å²) in [7, 11) is 1.58. The molecule has 5 nitrogen and oxygen atoms in total. The van der Waals surface area contributed by atoms with Gasteiger partial charge in [-0.25, -0.2) is 0 Å². The second kappa shape index (κ2) is 6.75. The van der Waals surface area contributed by atoms with E-state index in [1.807, 2.05) is 13.0 Å². The van der Waals surface area contributed by atoms with Crippen LogP contribution >= 0.6 is 0 Å². The number of hydrogen-bond acceptors (Lipinski definition) is 4. The van der Waals surface area contributed by atoms with Crippen molar-refractivity contribution in [2.24, 2.45) is 0 Å². The first-order valence-corrected chi connectivity index (χ1v) is 5.38. The van der Waals surface area contributed by atoms with Crippen molar-refractivity contribution in [2.75, 3.05) is 32.6 Å². The number of aryl methyl sites for hydroxylation is 1. The highest BCUT2D eigenvalue weighted by molar-refractivity contribution is 5.77. The van der Waals surface area contributed by atoms with Crippen LogP contribution in [0.2, 0.25) is 0 Å². The van der Waals surface area contributed by atoms with Gasteiger partial charge in [-0.15, -0.1) is 0 Å². The summed E-state index contributed by atoms with van der Waals surface area (Å²) in [5, 5.41) is 2.65. The van der Waals surface area contributed by atoms with E-state index in [4.69, 9.17) is 15.2 Å². The maximum absolute atomic E-state index is 11.3. The van der Waals surface area contributed by atoms with E-state index in [-0.39, 0.29) is 12.5 Å². The van der Waals surface area contributed by atoms with Crippen LogP contribution in [0.3, 0.4) is 0 Å². The molecule has 17 heavy (non-hydrogen) atoms. The van der Waals surface area contributed by atoms with Crippen LogP contribution in [0.1, 0.15) is 5.56 Å². The number of benzene rings is 1. The van der Waals surface area contributed by atoms with Crippen molar-refractivity contribution in [3.05, 3.63) is 23.8 Å². The van der Waals surface area contributed by atoms with Gasteiger partial charge in [-0.2, -0.15) is 0 Å². The predicted octanol–water partition coefficient (Wildman–Crippen LogP) is 0.719. The van der Waals surface area contributed by atoms with Gasteiger partial charge in [0.2, 0.25) is 0 Å². The fourth-order valence-electron chi connectivity index (χ4n) is 1.29. The Morgan fingerprint density at radius 3 is 2.88 bits per heavy atom. The summed E-state index contributed by atoms with van der Waals surface area (Å²) in [6.07, 6.45) is 0. The van der Waals surface area contributed by atoms with Gasteiger partial charge in [0.1, 0.15) is 5.75 Å². The molecule has 5 heteroatoms. The number of anilines is 1. The van der Waals surface area contributed by atoms with Gasteiger partial charge in [-0.1, -0.05) is 6.07 Å². The molecule has 0 saturated heterocycles. The summed E-state index contributed by atoms with van der Waals surface area (Å²) in [6.45, 7) is 2.86. The number of nitrogens with two attached hydrogens (primary N) is 1. The lowest BCUT2D eigenvalue weighted by molar-refractivity contribution is -0.123. The fraction of sp³-hybridized carbons (Fsp3) is 0.417. The first-order valence-electron chi connectivity index (χ1n) is 5.38. The minimum absolute atomic E-state index is 0.0447. The fourth-order valence-corrected chi connectivity index (χ4v) is 1.29. The zero-order valence-electron chi connectivity index (χ0n) is 10.2. The van der Waals surface area contributed by atoms with Gasteiger partial charge in [-0.3, -0.25) is 4.79 Å². The molecule has 0 aliphatic rings. The van der Waals surface area contributed by atoms with Crippen molar-refractivity contribution in [3.8, 4) is 5.75 Å². The highest BCUT2D eigenvalue weighted by Crippen LogP contribution is 2.21. The molecule has 0 fully saturated rings. The maximum Gasteiger partial charge on any atom is 0.258 e. The quantitative estimate of drug-likeness (QED) is 0.565. The molecule has 1 aromatic rings. The van der Waals surface area contributed by atoms with Gasteiger partial charge in [0.25, 0.3) is 5.91 Å². The first kappa shape index (κ1) is 13.3. The van der Waals surface area contributed by atoms with E-state index in [1.54, 1.807) is 19.2 Å². The number of rotatable bonds is 6. The van der Waals surface area contributed by atoms with Crippen molar-refractivity contribution in [1.82, 2.24) is 5.32 Å². The van der Waals surface area contributed by atoms with Gasteiger partial charge >= 0.3 is 0 Å². The number of ether oxygens (including phenoxy) is 2. The molecule has 0 aliphatic heterocycles. The van der Waals surface area contributed by atoms with Crippen LogP contribution in [-0.4, -0.2) is 32.8 Å². The van der Waals surface area contributed by atoms with Crippen molar-refractivity contribution in [2.45, 2.75) is 6.92 Å². The van der Waals surface area contributed by atoms with E-state index in [1.165, 1.54) is 0 Å². The van der Waals surface area contributed by atoms with Gasteiger partial charge < -0.3 is 20.5 Å². The molecular weight excluding hydrogens is 220 g/mol. The summed E-state index contributed by atoms with van der Waals surface area (Å²) >= 11 is 0. The summed E-state index contributed by atoms with van der Waals surface area (Å²) in [6, 6.07) is 5.44. The highest BCUT2D eigenvalue weighted by atomic mass is 16.5. The Morgan fingerprint density at radius 2 is 2.24 bits per heavy atom. The number of nitrogen functional groups attached to an aromatic ring is 1. The average Bonchev–Trinajstić information content (AvgIpc) is 2.28. The number of hydrogen-bond donors (Lipinski definition) is 2. The lowest BCUT2D eigenvalue weighted by Crippen LogP contribution is -2.31. The molecule has 0 aromatic heterocycles. The average molecular weight is 238 g/mol. The Kier molecular flexibility index (Phi) is 5.29. The van der Waals surface area contributed by atoms with Gasteiger partial charge in [0.15, 0.2) is 6.61 Å². The molecule has 1 rings (SSSR count). The number of carbonyl (C=O) groups excluding carboxylic acids is 1. The number of amides is 1. The zero-order valence-corrected chi connectivity index (χ0v) is 10.2.